The number of rotatable bonds is 7. The predicted octanol–water partition coefficient (Wildman–Crippen LogP) is 4.51. The quantitative estimate of drug-likeness (QED) is 0.617. The van der Waals surface area contributed by atoms with Crippen LogP contribution in [0.4, 0.5) is 14.3 Å². The number of carbonyl (C=O) groups excluding carboxylic acids is 1. The Hall–Kier alpha value is -2.80. The van der Waals surface area contributed by atoms with Crippen molar-refractivity contribution in [2.75, 3.05) is 11.9 Å². The third kappa shape index (κ3) is 4.92. The molecule has 1 aliphatic carbocycles. The van der Waals surface area contributed by atoms with Crippen molar-refractivity contribution in [1.29, 1.82) is 0 Å². The van der Waals surface area contributed by atoms with Crippen LogP contribution in [0.5, 0.6) is 0 Å². The van der Waals surface area contributed by atoms with Crippen molar-refractivity contribution >= 4 is 22.5 Å². The van der Waals surface area contributed by atoms with E-state index in [0.717, 1.165) is 34.7 Å². The number of halogens is 1. The number of carbonyl (C=O) groups is 1. The van der Waals surface area contributed by atoms with E-state index in [4.69, 9.17) is 0 Å². The Labute approximate surface area is 167 Å². The Morgan fingerprint density at radius 1 is 1.18 bits per heavy atom. The normalized spacial score (nSPS) is 13.3. The lowest BCUT2D eigenvalue weighted by Gasteiger charge is -2.04. The number of aromatic nitrogens is 2. The second-order valence-electron chi connectivity index (χ2n) is 6.86. The minimum atomic E-state index is -0.264. The highest BCUT2D eigenvalue weighted by Crippen LogP contribution is 2.44. The molecule has 5 nitrogen and oxygen atoms in total. The maximum atomic E-state index is 13.1. The molecule has 0 bridgehead atoms. The highest BCUT2D eigenvalue weighted by Gasteiger charge is 2.30. The molecule has 0 aliphatic heterocycles. The smallest absolute Gasteiger partial charge is 0.321 e. The Morgan fingerprint density at radius 3 is 2.71 bits per heavy atom. The van der Waals surface area contributed by atoms with Gasteiger partial charge in [-0.3, -0.25) is 10.3 Å². The number of nitrogens with one attached hydrogen (secondary N) is 2. The first kappa shape index (κ1) is 18.6. The molecule has 1 saturated carbocycles. The standard InChI is InChI=1S/C21H21FN4OS/c22-16-8-4-14(5-9-16)13-18-19(15-6-7-15)25-21(28-18)26-20(27)24-12-10-17-3-1-2-11-23-17/h1-5,8-9,11,15H,6-7,10,12-13H2,(H2,24,25,26,27). The summed E-state index contributed by atoms with van der Waals surface area (Å²) >= 11 is 1.50. The van der Waals surface area contributed by atoms with Gasteiger partial charge in [0.15, 0.2) is 5.13 Å². The number of hydrogen-bond donors (Lipinski definition) is 2. The molecule has 2 heterocycles. The Kier molecular flexibility index (Phi) is 5.62. The third-order valence-electron chi connectivity index (χ3n) is 4.58. The molecule has 28 heavy (non-hydrogen) atoms. The molecule has 1 aliphatic rings. The van der Waals surface area contributed by atoms with Crippen LogP contribution in [0.3, 0.4) is 0 Å². The van der Waals surface area contributed by atoms with Gasteiger partial charge in [0.2, 0.25) is 0 Å². The molecule has 0 atom stereocenters. The molecule has 0 spiro atoms. The summed E-state index contributed by atoms with van der Waals surface area (Å²) in [5.74, 6) is 0.245. The molecule has 1 fully saturated rings. The van der Waals surface area contributed by atoms with E-state index in [0.29, 0.717) is 30.4 Å². The summed E-state index contributed by atoms with van der Waals surface area (Å²) in [7, 11) is 0. The van der Waals surface area contributed by atoms with Crippen LogP contribution in [-0.2, 0) is 12.8 Å². The van der Waals surface area contributed by atoms with E-state index in [-0.39, 0.29) is 11.8 Å². The summed E-state index contributed by atoms with van der Waals surface area (Å²) < 4.78 is 13.1. The van der Waals surface area contributed by atoms with E-state index in [2.05, 4.69) is 20.6 Å². The van der Waals surface area contributed by atoms with E-state index >= 15 is 0 Å². The van der Waals surface area contributed by atoms with Gasteiger partial charge < -0.3 is 5.32 Å². The molecule has 0 saturated heterocycles. The number of amides is 2. The number of urea groups is 1. The maximum absolute atomic E-state index is 13.1. The van der Waals surface area contributed by atoms with Crippen molar-refractivity contribution < 1.29 is 9.18 Å². The van der Waals surface area contributed by atoms with Crippen LogP contribution in [0.15, 0.2) is 48.7 Å². The fraction of sp³-hybridized carbons (Fsp3) is 0.286. The molecule has 2 N–H and O–H groups in total. The lowest BCUT2D eigenvalue weighted by atomic mass is 10.1. The van der Waals surface area contributed by atoms with Gasteiger partial charge in [0.05, 0.1) is 5.69 Å². The summed E-state index contributed by atoms with van der Waals surface area (Å²) in [6, 6.07) is 12.0. The van der Waals surface area contributed by atoms with Crippen molar-refractivity contribution in [3.63, 3.8) is 0 Å². The highest BCUT2D eigenvalue weighted by atomic mass is 32.1. The van der Waals surface area contributed by atoms with Gasteiger partial charge in [-0.1, -0.05) is 18.2 Å². The maximum Gasteiger partial charge on any atom is 0.321 e. The molecule has 4 rings (SSSR count). The molecular weight excluding hydrogens is 375 g/mol. The van der Waals surface area contributed by atoms with Gasteiger partial charge in [-0.05, 0) is 42.7 Å². The Morgan fingerprint density at radius 2 is 2.00 bits per heavy atom. The van der Waals surface area contributed by atoms with Crippen LogP contribution >= 0.6 is 11.3 Å². The molecule has 3 aromatic rings. The van der Waals surface area contributed by atoms with Crippen LogP contribution in [0.25, 0.3) is 0 Å². The summed E-state index contributed by atoms with van der Waals surface area (Å²) in [6.45, 7) is 0.506. The number of anilines is 1. The van der Waals surface area contributed by atoms with Gasteiger partial charge in [0.1, 0.15) is 5.82 Å². The predicted molar refractivity (Wildman–Crippen MR) is 108 cm³/mol. The van der Waals surface area contributed by atoms with Crippen molar-refractivity contribution in [1.82, 2.24) is 15.3 Å². The van der Waals surface area contributed by atoms with Crippen LogP contribution in [0.2, 0.25) is 0 Å². The van der Waals surface area contributed by atoms with Crippen LogP contribution < -0.4 is 10.6 Å². The monoisotopic (exact) mass is 396 g/mol. The van der Waals surface area contributed by atoms with Crippen LogP contribution in [0, 0.1) is 5.82 Å². The molecular formula is C21H21FN4OS. The zero-order valence-electron chi connectivity index (χ0n) is 15.3. The van der Waals surface area contributed by atoms with Crippen molar-refractivity contribution in [3.05, 3.63) is 76.3 Å². The Balaban J connectivity index is 1.36. The fourth-order valence-corrected chi connectivity index (χ4v) is 4.08. The van der Waals surface area contributed by atoms with E-state index in [1.807, 2.05) is 18.2 Å². The zero-order chi connectivity index (χ0) is 19.3. The summed E-state index contributed by atoms with van der Waals surface area (Å²) in [4.78, 5) is 22.2. The lowest BCUT2D eigenvalue weighted by molar-refractivity contribution is 0.252. The second kappa shape index (κ2) is 8.48. The number of pyridine rings is 1. The second-order valence-corrected chi connectivity index (χ2v) is 7.94. The topological polar surface area (TPSA) is 66.9 Å². The number of nitrogens with zero attached hydrogens (tertiary/aromatic N) is 2. The molecule has 2 amide bonds. The van der Waals surface area contributed by atoms with Crippen LogP contribution in [-0.4, -0.2) is 22.5 Å². The van der Waals surface area contributed by atoms with Crippen molar-refractivity contribution in [2.45, 2.75) is 31.6 Å². The summed E-state index contributed by atoms with van der Waals surface area (Å²) in [5.41, 5.74) is 3.05. The lowest BCUT2D eigenvalue weighted by Crippen LogP contribution is -2.30. The molecule has 1 aromatic carbocycles. The number of thiazole rings is 1. The van der Waals surface area contributed by atoms with Gasteiger partial charge >= 0.3 is 6.03 Å². The van der Waals surface area contributed by atoms with Gasteiger partial charge in [-0.15, -0.1) is 11.3 Å². The first-order valence-electron chi connectivity index (χ1n) is 9.36. The fourth-order valence-electron chi connectivity index (χ4n) is 3.00. The molecule has 0 unspecified atom stereocenters. The molecule has 2 aromatic heterocycles. The number of benzene rings is 1. The summed E-state index contributed by atoms with van der Waals surface area (Å²) in [6.07, 6.45) is 5.39. The first-order chi connectivity index (χ1) is 13.7. The average molecular weight is 396 g/mol. The summed E-state index contributed by atoms with van der Waals surface area (Å²) in [5, 5.41) is 6.29. The van der Waals surface area contributed by atoms with Gasteiger partial charge in [-0.2, -0.15) is 0 Å². The van der Waals surface area contributed by atoms with E-state index in [1.165, 1.54) is 23.5 Å². The average Bonchev–Trinajstić information content (AvgIpc) is 3.47. The molecule has 7 heteroatoms. The molecule has 144 valence electrons. The van der Waals surface area contributed by atoms with Crippen molar-refractivity contribution in [2.24, 2.45) is 0 Å². The van der Waals surface area contributed by atoms with E-state index in [1.54, 1.807) is 18.3 Å². The van der Waals surface area contributed by atoms with Crippen molar-refractivity contribution in [3.8, 4) is 0 Å². The van der Waals surface area contributed by atoms with Crippen LogP contribution in [0.1, 0.15) is 40.6 Å². The van der Waals surface area contributed by atoms with Gasteiger partial charge in [0, 0.05) is 42.1 Å². The number of hydrogen-bond acceptors (Lipinski definition) is 4. The van der Waals surface area contributed by atoms with Gasteiger partial charge in [-0.25, -0.2) is 14.2 Å². The first-order valence-corrected chi connectivity index (χ1v) is 10.2. The largest absolute Gasteiger partial charge is 0.337 e. The minimum Gasteiger partial charge on any atom is -0.337 e. The Bertz CT molecular complexity index is 939. The zero-order valence-corrected chi connectivity index (χ0v) is 16.1. The molecule has 0 radical (unpaired) electrons. The van der Waals surface area contributed by atoms with E-state index < -0.39 is 0 Å². The van der Waals surface area contributed by atoms with E-state index in [9.17, 15) is 9.18 Å². The highest BCUT2D eigenvalue weighted by molar-refractivity contribution is 7.15. The van der Waals surface area contributed by atoms with Gasteiger partial charge in [0.25, 0.3) is 0 Å². The minimum absolute atomic E-state index is 0.236. The SMILES string of the molecule is O=C(NCCc1ccccn1)Nc1nc(C2CC2)c(Cc2ccc(F)cc2)s1. The third-order valence-corrected chi connectivity index (χ3v) is 5.57.